The molecule has 0 aliphatic rings. The molecular weight excluding hydrogens is 575 g/mol. The third-order valence-electron chi connectivity index (χ3n) is 7.28. The highest BCUT2D eigenvalue weighted by atomic mass is 32.2. The number of nitrogens with one attached hydrogen (secondary N) is 1. The highest BCUT2D eigenvalue weighted by Gasteiger charge is 2.34. The van der Waals surface area contributed by atoms with E-state index >= 15 is 0 Å². The first kappa shape index (κ1) is 30.4. The van der Waals surface area contributed by atoms with Gasteiger partial charge in [0.15, 0.2) is 9.84 Å². The van der Waals surface area contributed by atoms with E-state index in [0.29, 0.717) is 21.7 Å². The summed E-state index contributed by atoms with van der Waals surface area (Å²) in [7, 11) is -2.00. The van der Waals surface area contributed by atoms with E-state index in [-0.39, 0.29) is 11.7 Å². The van der Waals surface area contributed by atoms with Crippen molar-refractivity contribution in [2.24, 2.45) is 0 Å². The number of rotatable bonds is 8. The number of sulfone groups is 1. The van der Waals surface area contributed by atoms with Crippen LogP contribution in [-0.2, 0) is 20.0 Å². The van der Waals surface area contributed by atoms with Gasteiger partial charge < -0.3 is 14.8 Å². The van der Waals surface area contributed by atoms with Crippen LogP contribution in [0.15, 0.2) is 66.7 Å². The Balaban J connectivity index is 1.61. The van der Waals surface area contributed by atoms with Gasteiger partial charge in [-0.2, -0.15) is 0 Å². The maximum Gasteiger partial charge on any atom is 0.573 e. The molecule has 0 atom stereocenters. The number of alkyl halides is 3. The van der Waals surface area contributed by atoms with Crippen LogP contribution < -0.4 is 14.8 Å². The van der Waals surface area contributed by atoms with Gasteiger partial charge in [-0.15, -0.1) is 24.5 Å². The van der Waals surface area contributed by atoms with E-state index in [0.717, 1.165) is 15.6 Å². The number of benzene rings is 3. The van der Waals surface area contributed by atoms with Crippen molar-refractivity contribution in [3.05, 3.63) is 88.3 Å². The lowest BCUT2D eigenvalue weighted by Gasteiger charge is -2.27. The van der Waals surface area contributed by atoms with Gasteiger partial charge in [0.05, 0.1) is 16.7 Å². The quantitative estimate of drug-likeness (QED) is 0.223. The van der Waals surface area contributed by atoms with Gasteiger partial charge in [0, 0.05) is 28.1 Å². The Labute approximate surface area is 241 Å². The van der Waals surface area contributed by atoms with Crippen molar-refractivity contribution in [2.75, 3.05) is 18.7 Å². The molecule has 0 fully saturated rings. The van der Waals surface area contributed by atoms with Gasteiger partial charge in [-0.3, -0.25) is 4.79 Å². The average molecular weight is 606 g/mol. The van der Waals surface area contributed by atoms with E-state index in [4.69, 9.17) is 4.74 Å². The Kier molecular flexibility index (Phi) is 7.92. The maximum atomic E-state index is 13.2. The number of halogens is 3. The van der Waals surface area contributed by atoms with Gasteiger partial charge in [-0.25, -0.2) is 8.42 Å². The summed E-state index contributed by atoms with van der Waals surface area (Å²) in [5, 5.41) is 3.66. The van der Waals surface area contributed by atoms with Crippen molar-refractivity contribution in [3.63, 3.8) is 0 Å². The molecule has 0 aliphatic heterocycles. The van der Waals surface area contributed by atoms with Gasteiger partial charge in [-0.05, 0) is 78.4 Å². The molecule has 218 valence electrons. The molecule has 0 saturated heterocycles. The molecule has 0 saturated carbocycles. The second kappa shape index (κ2) is 10.7. The topological polar surface area (TPSA) is 81.7 Å². The summed E-state index contributed by atoms with van der Waals surface area (Å²) < 4.78 is 72.4. The minimum Gasteiger partial charge on any atom is -0.497 e. The minimum absolute atomic E-state index is 0.215. The fraction of sp³-hybridized carbons (Fsp3) is 0.300. The fourth-order valence-corrected chi connectivity index (χ4v) is 5.83. The van der Waals surface area contributed by atoms with Gasteiger partial charge in [0.2, 0.25) is 0 Å². The van der Waals surface area contributed by atoms with Crippen molar-refractivity contribution in [1.82, 2.24) is 0 Å². The predicted molar refractivity (Wildman–Crippen MR) is 156 cm³/mol. The molecule has 0 aliphatic carbocycles. The number of fused-ring (bicyclic) bond motifs is 1. The summed E-state index contributed by atoms with van der Waals surface area (Å²) in [5.74, 6) is -0.517. The van der Waals surface area contributed by atoms with E-state index in [1.807, 2.05) is 26.0 Å². The molecule has 0 unspecified atom stereocenters. The molecule has 1 heterocycles. The molecule has 0 spiro atoms. The SMILES string of the molecule is COc1cc(OC(F)(F)F)cc(C(C)(C)c2cccc(NC(=O)c3cc4cc(C(C)(C)S(C)(=O)=O)ccc4s3)c2)c1. The summed E-state index contributed by atoms with van der Waals surface area (Å²) in [5.41, 5.74) is 1.63. The summed E-state index contributed by atoms with van der Waals surface area (Å²) in [6, 6.07) is 18.3. The first-order chi connectivity index (χ1) is 18.9. The number of hydrogen-bond donors (Lipinski definition) is 1. The van der Waals surface area contributed by atoms with Crippen molar-refractivity contribution >= 4 is 42.9 Å². The highest BCUT2D eigenvalue weighted by Crippen LogP contribution is 2.39. The second-order valence-corrected chi connectivity index (χ2v) is 14.4. The molecule has 1 aromatic heterocycles. The number of amides is 1. The fourth-order valence-electron chi connectivity index (χ4n) is 4.33. The van der Waals surface area contributed by atoms with Crippen LogP contribution in [0.25, 0.3) is 10.1 Å². The van der Waals surface area contributed by atoms with Gasteiger partial charge in [0.1, 0.15) is 11.5 Å². The van der Waals surface area contributed by atoms with E-state index in [2.05, 4.69) is 10.1 Å². The van der Waals surface area contributed by atoms with Crippen LogP contribution in [0.2, 0.25) is 0 Å². The largest absolute Gasteiger partial charge is 0.573 e. The van der Waals surface area contributed by atoms with E-state index < -0.39 is 32.1 Å². The van der Waals surface area contributed by atoms with Crippen molar-refractivity contribution < 1.29 is 35.9 Å². The summed E-state index contributed by atoms with van der Waals surface area (Å²) in [6.07, 6.45) is -3.65. The van der Waals surface area contributed by atoms with Crippen molar-refractivity contribution in [2.45, 2.75) is 44.2 Å². The number of thiophene rings is 1. The number of carbonyl (C=O) groups excluding carboxylic acids is 1. The third-order valence-corrected chi connectivity index (χ3v) is 10.5. The molecule has 4 rings (SSSR count). The predicted octanol–water partition coefficient (Wildman–Crippen LogP) is 7.67. The van der Waals surface area contributed by atoms with Crippen LogP contribution in [0.3, 0.4) is 0 Å². The molecule has 3 aromatic carbocycles. The Morgan fingerprint density at radius 3 is 2.17 bits per heavy atom. The zero-order chi connectivity index (χ0) is 30.4. The van der Waals surface area contributed by atoms with Crippen LogP contribution in [0, 0.1) is 0 Å². The molecule has 4 aromatic rings. The Morgan fingerprint density at radius 2 is 1.54 bits per heavy atom. The Bertz CT molecular complexity index is 1720. The van der Waals surface area contributed by atoms with E-state index in [1.54, 1.807) is 56.3 Å². The van der Waals surface area contributed by atoms with Crippen LogP contribution >= 0.6 is 11.3 Å². The van der Waals surface area contributed by atoms with Crippen LogP contribution in [0.1, 0.15) is 54.1 Å². The van der Waals surface area contributed by atoms with E-state index in [9.17, 15) is 26.4 Å². The standard InChI is InChI=1S/C30H30F3NO5S2/c1-28(2,21-15-23(38-5)17-24(16-21)39-30(31,32)33)19-8-7-9-22(14-19)34-27(35)26-13-18-12-20(10-11-25(18)40-26)29(3,4)41(6,36)37/h7-17H,1-6H3,(H,34,35). The molecule has 1 amide bonds. The van der Waals surface area contributed by atoms with Gasteiger partial charge in [0.25, 0.3) is 5.91 Å². The molecule has 0 bridgehead atoms. The van der Waals surface area contributed by atoms with Crippen LogP contribution in [0.4, 0.5) is 18.9 Å². The first-order valence-electron chi connectivity index (χ1n) is 12.5. The lowest BCUT2D eigenvalue weighted by molar-refractivity contribution is -0.274. The monoisotopic (exact) mass is 605 g/mol. The zero-order valence-electron chi connectivity index (χ0n) is 23.3. The van der Waals surface area contributed by atoms with Crippen LogP contribution in [-0.4, -0.2) is 34.1 Å². The maximum absolute atomic E-state index is 13.2. The first-order valence-corrected chi connectivity index (χ1v) is 15.2. The number of methoxy groups -OCH3 is 1. The summed E-state index contributed by atoms with van der Waals surface area (Å²) in [6.45, 7) is 6.99. The lowest BCUT2D eigenvalue weighted by atomic mass is 9.78. The van der Waals surface area contributed by atoms with E-state index in [1.165, 1.54) is 36.8 Å². The minimum atomic E-state index is -4.85. The normalized spacial score (nSPS) is 12.8. The number of carbonyl (C=O) groups is 1. The molecule has 41 heavy (non-hydrogen) atoms. The lowest BCUT2D eigenvalue weighted by Crippen LogP contribution is -2.27. The molecule has 6 nitrogen and oxygen atoms in total. The third kappa shape index (κ3) is 6.51. The molecule has 1 N–H and O–H groups in total. The Hall–Kier alpha value is -3.57. The molecule has 11 heteroatoms. The number of hydrogen-bond acceptors (Lipinski definition) is 6. The second-order valence-electron chi connectivity index (χ2n) is 10.8. The number of ether oxygens (including phenoxy) is 2. The molecular formula is C30H30F3NO5S2. The zero-order valence-corrected chi connectivity index (χ0v) is 25.0. The van der Waals surface area contributed by atoms with Crippen molar-refractivity contribution in [1.29, 1.82) is 0 Å². The number of anilines is 1. The molecule has 0 radical (unpaired) electrons. The Morgan fingerprint density at radius 1 is 0.854 bits per heavy atom. The van der Waals surface area contributed by atoms with Crippen molar-refractivity contribution in [3.8, 4) is 11.5 Å². The van der Waals surface area contributed by atoms with Gasteiger partial charge in [-0.1, -0.05) is 32.0 Å². The van der Waals surface area contributed by atoms with Gasteiger partial charge >= 0.3 is 6.36 Å². The smallest absolute Gasteiger partial charge is 0.497 e. The summed E-state index contributed by atoms with van der Waals surface area (Å²) >= 11 is 1.29. The summed E-state index contributed by atoms with van der Waals surface area (Å²) in [4.78, 5) is 13.6. The average Bonchev–Trinajstić information content (AvgIpc) is 3.31. The highest BCUT2D eigenvalue weighted by molar-refractivity contribution is 7.91. The van der Waals surface area contributed by atoms with Crippen LogP contribution in [0.5, 0.6) is 11.5 Å².